The molecule has 0 saturated heterocycles. The first-order chi connectivity index (χ1) is 8.51. The summed E-state index contributed by atoms with van der Waals surface area (Å²) in [5, 5.41) is 0. The molecule has 0 fully saturated rings. The summed E-state index contributed by atoms with van der Waals surface area (Å²) in [5.41, 5.74) is 9.11. The number of nitrogens with two attached hydrogens (primary N) is 1. The summed E-state index contributed by atoms with van der Waals surface area (Å²) in [6.07, 6.45) is 0.0666. The molecule has 0 spiro atoms. The zero-order valence-electron chi connectivity index (χ0n) is 12.1. The summed E-state index contributed by atoms with van der Waals surface area (Å²) in [6, 6.07) is 4.28. The average Bonchev–Trinajstić information content (AvgIpc) is 2.34. The van der Waals surface area contributed by atoms with E-state index in [1.807, 2.05) is 0 Å². The van der Waals surface area contributed by atoms with Crippen LogP contribution in [0, 0.1) is 6.92 Å². The molecule has 3 heteroatoms. The molecule has 102 valence electrons. The molecule has 1 atom stereocenters. The minimum absolute atomic E-state index is 0.0666. The van der Waals surface area contributed by atoms with Crippen LogP contribution in [0.1, 0.15) is 49.5 Å². The van der Waals surface area contributed by atoms with Gasteiger partial charge in [-0.25, -0.2) is 0 Å². The highest BCUT2D eigenvalue weighted by Gasteiger charge is 2.15. The molecule has 0 aliphatic heterocycles. The number of rotatable bonds is 6. The van der Waals surface area contributed by atoms with Gasteiger partial charge in [0.15, 0.2) is 0 Å². The van der Waals surface area contributed by atoms with Gasteiger partial charge in [0.05, 0.1) is 19.8 Å². The van der Waals surface area contributed by atoms with Gasteiger partial charge in [0, 0.05) is 6.54 Å². The molecular formula is C15H25NO2. The van der Waals surface area contributed by atoms with Crippen LogP contribution in [0.25, 0.3) is 0 Å². The molecule has 0 aromatic heterocycles. The third-order valence-electron chi connectivity index (χ3n) is 3.16. The zero-order chi connectivity index (χ0) is 13.7. The van der Waals surface area contributed by atoms with E-state index in [9.17, 15) is 0 Å². The molecule has 0 saturated carbocycles. The Morgan fingerprint density at radius 3 is 2.33 bits per heavy atom. The first-order valence-corrected chi connectivity index (χ1v) is 6.51. The van der Waals surface area contributed by atoms with E-state index in [1.165, 1.54) is 16.7 Å². The lowest BCUT2D eigenvalue weighted by Crippen LogP contribution is -2.12. The van der Waals surface area contributed by atoms with Crippen molar-refractivity contribution in [2.45, 2.75) is 39.7 Å². The van der Waals surface area contributed by atoms with E-state index >= 15 is 0 Å². The maximum atomic E-state index is 5.70. The second-order valence-corrected chi connectivity index (χ2v) is 4.91. The SMILES string of the molecule is COc1cc(C)c(C(C)OCCN)cc1C(C)C. The smallest absolute Gasteiger partial charge is 0.122 e. The second kappa shape index (κ2) is 6.76. The first kappa shape index (κ1) is 15.0. The van der Waals surface area contributed by atoms with Gasteiger partial charge < -0.3 is 15.2 Å². The highest BCUT2D eigenvalue weighted by atomic mass is 16.5. The van der Waals surface area contributed by atoms with Gasteiger partial charge in [0.1, 0.15) is 5.75 Å². The van der Waals surface area contributed by atoms with E-state index in [-0.39, 0.29) is 6.10 Å². The normalized spacial score (nSPS) is 12.8. The topological polar surface area (TPSA) is 44.5 Å². The Labute approximate surface area is 110 Å². The molecule has 1 unspecified atom stereocenters. The van der Waals surface area contributed by atoms with Gasteiger partial charge in [-0.2, -0.15) is 0 Å². The molecular weight excluding hydrogens is 226 g/mol. The summed E-state index contributed by atoms with van der Waals surface area (Å²) in [4.78, 5) is 0. The van der Waals surface area contributed by atoms with E-state index in [0.717, 1.165) is 5.75 Å². The van der Waals surface area contributed by atoms with Gasteiger partial charge in [-0.3, -0.25) is 0 Å². The van der Waals surface area contributed by atoms with E-state index in [2.05, 4.69) is 39.8 Å². The van der Waals surface area contributed by atoms with E-state index in [1.54, 1.807) is 7.11 Å². The number of hydrogen-bond donors (Lipinski definition) is 1. The van der Waals surface area contributed by atoms with Crippen molar-refractivity contribution in [1.82, 2.24) is 0 Å². The molecule has 1 rings (SSSR count). The lowest BCUT2D eigenvalue weighted by Gasteiger charge is -2.20. The van der Waals surface area contributed by atoms with Gasteiger partial charge in [-0.1, -0.05) is 13.8 Å². The molecule has 0 aliphatic carbocycles. The Morgan fingerprint density at radius 2 is 1.83 bits per heavy atom. The minimum atomic E-state index is 0.0666. The molecule has 0 heterocycles. The molecule has 18 heavy (non-hydrogen) atoms. The lowest BCUT2D eigenvalue weighted by atomic mass is 9.94. The van der Waals surface area contributed by atoms with Crippen molar-refractivity contribution in [3.8, 4) is 5.75 Å². The molecule has 0 radical (unpaired) electrons. The Balaban J connectivity index is 3.08. The maximum Gasteiger partial charge on any atom is 0.122 e. The van der Waals surface area contributed by atoms with Crippen molar-refractivity contribution in [1.29, 1.82) is 0 Å². The quantitative estimate of drug-likeness (QED) is 0.844. The minimum Gasteiger partial charge on any atom is -0.496 e. The molecule has 1 aromatic rings. The largest absolute Gasteiger partial charge is 0.496 e. The molecule has 1 aromatic carbocycles. The molecule has 0 bridgehead atoms. The van der Waals surface area contributed by atoms with Crippen LogP contribution in [-0.4, -0.2) is 20.3 Å². The van der Waals surface area contributed by atoms with Crippen LogP contribution < -0.4 is 10.5 Å². The van der Waals surface area contributed by atoms with Crippen LogP contribution in [0.15, 0.2) is 12.1 Å². The summed E-state index contributed by atoms with van der Waals surface area (Å²) in [5.74, 6) is 1.39. The Bertz CT molecular complexity index is 388. The van der Waals surface area contributed by atoms with Gasteiger partial charge in [0.25, 0.3) is 0 Å². The second-order valence-electron chi connectivity index (χ2n) is 4.91. The summed E-state index contributed by atoms with van der Waals surface area (Å²) in [7, 11) is 1.72. The van der Waals surface area contributed by atoms with Gasteiger partial charge in [-0.05, 0) is 48.6 Å². The maximum absolute atomic E-state index is 5.70. The average molecular weight is 251 g/mol. The fourth-order valence-electron chi connectivity index (χ4n) is 2.12. The van der Waals surface area contributed by atoms with Gasteiger partial charge in [0.2, 0.25) is 0 Å². The van der Waals surface area contributed by atoms with Crippen molar-refractivity contribution in [2.24, 2.45) is 5.73 Å². The van der Waals surface area contributed by atoms with E-state index < -0.39 is 0 Å². The Hall–Kier alpha value is -1.06. The fraction of sp³-hybridized carbons (Fsp3) is 0.600. The Kier molecular flexibility index (Phi) is 5.63. The van der Waals surface area contributed by atoms with Crippen molar-refractivity contribution in [2.75, 3.05) is 20.3 Å². The van der Waals surface area contributed by atoms with E-state index in [4.69, 9.17) is 15.2 Å². The Morgan fingerprint density at radius 1 is 1.17 bits per heavy atom. The third kappa shape index (κ3) is 3.47. The molecule has 2 N–H and O–H groups in total. The predicted octanol–water partition coefficient (Wildman–Crippen LogP) is 3.16. The number of methoxy groups -OCH3 is 1. The number of hydrogen-bond acceptors (Lipinski definition) is 3. The summed E-state index contributed by atoms with van der Waals surface area (Å²) < 4.78 is 11.1. The van der Waals surface area contributed by atoms with Crippen molar-refractivity contribution in [3.05, 3.63) is 28.8 Å². The summed E-state index contributed by atoms with van der Waals surface area (Å²) in [6.45, 7) is 9.63. The van der Waals surface area contributed by atoms with Crippen LogP contribution in [0.2, 0.25) is 0 Å². The van der Waals surface area contributed by atoms with Crippen molar-refractivity contribution >= 4 is 0 Å². The summed E-state index contributed by atoms with van der Waals surface area (Å²) >= 11 is 0. The lowest BCUT2D eigenvalue weighted by molar-refractivity contribution is 0.0713. The van der Waals surface area contributed by atoms with Crippen molar-refractivity contribution < 1.29 is 9.47 Å². The highest BCUT2D eigenvalue weighted by Crippen LogP contribution is 2.32. The molecule has 3 nitrogen and oxygen atoms in total. The van der Waals surface area contributed by atoms with Crippen molar-refractivity contribution in [3.63, 3.8) is 0 Å². The monoisotopic (exact) mass is 251 g/mol. The first-order valence-electron chi connectivity index (χ1n) is 6.51. The zero-order valence-corrected chi connectivity index (χ0v) is 12.1. The molecule has 0 aliphatic rings. The van der Waals surface area contributed by atoms with Gasteiger partial charge in [-0.15, -0.1) is 0 Å². The van der Waals surface area contributed by atoms with Crippen LogP contribution >= 0.6 is 0 Å². The number of aryl methyl sites for hydroxylation is 1. The van der Waals surface area contributed by atoms with Crippen LogP contribution in [-0.2, 0) is 4.74 Å². The van der Waals surface area contributed by atoms with Crippen LogP contribution in [0.3, 0.4) is 0 Å². The van der Waals surface area contributed by atoms with Gasteiger partial charge >= 0.3 is 0 Å². The van der Waals surface area contributed by atoms with Crippen LogP contribution in [0.5, 0.6) is 5.75 Å². The predicted molar refractivity (Wildman–Crippen MR) is 75.2 cm³/mol. The molecule has 0 amide bonds. The van der Waals surface area contributed by atoms with E-state index in [0.29, 0.717) is 19.1 Å². The van der Waals surface area contributed by atoms with Crippen LogP contribution in [0.4, 0.5) is 0 Å². The fourth-order valence-corrected chi connectivity index (χ4v) is 2.12. The highest BCUT2D eigenvalue weighted by molar-refractivity contribution is 5.44. The third-order valence-corrected chi connectivity index (χ3v) is 3.16. The number of ether oxygens (including phenoxy) is 2. The number of benzene rings is 1. The standard InChI is InChI=1S/C15H25NO2/c1-10(2)13-9-14(12(4)18-7-6-16)11(3)8-15(13)17-5/h8-10,12H,6-7,16H2,1-5H3.